The molecule has 4 rings (SSSR count). The van der Waals surface area contributed by atoms with Gasteiger partial charge in [-0.15, -0.1) is 0 Å². The predicted octanol–water partition coefficient (Wildman–Crippen LogP) is 5.19. The number of hydrogen-bond acceptors (Lipinski definition) is 6. The summed E-state index contributed by atoms with van der Waals surface area (Å²) in [6.45, 7) is 2.61. The van der Waals surface area contributed by atoms with Gasteiger partial charge in [-0.25, -0.2) is 0 Å². The maximum atomic E-state index is 12.5. The van der Waals surface area contributed by atoms with Crippen molar-refractivity contribution in [2.24, 2.45) is 0 Å². The van der Waals surface area contributed by atoms with Gasteiger partial charge in [-0.2, -0.15) is 5.26 Å². The zero-order valence-electron chi connectivity index (χ0n) is 20.0. The number of ether oxygens (including phenoxy) is 3. The average molecular weight is 505 g/mol. The number of hydrogen-bond donors (Lipinski definition) is 1. The number of nitrogens with zero attached hydrogens (tertiary/aromatic N) is 1. The van der Waals surface area contributed by atoms with E-state index in [1.807, 2.05) is 24.3 Å². The Hall–Kier alpha value is -4.02. The Bertz CT molecular complexity index is 1320. The lowest BCUT2D eigenvalue weighted by Crippen LogP contribution is -2.38. The molecule has 0 aromatic heterocycles. The molecular formula is C28H25ClN2O5. The Balaban J connectivity index is 1.44. The Morgan fingerprint density at radius 2 is 1.86 bits per heavy atom. The number of amides is 1. The molecule has 0 spiro atoms. The van der Waals surface area contributed by atoms with Crippen LogP contribution in [-0.4, -0.2) is 32.1 Å². The van der Waals surface area contributed by atoms with Crippen molar-refractivity contribution in [1.29, 1.82) is 5.26 Å². The molecule has 8 heteroatoms. The van der Waals surface area contributed by atoms with E-state index in [-0.39, 0.29) is 17.4 Å². The van der Waals surface area contributed by atoms with E-state index in [4.69, 9.17) is 25.8 Å². The molecular weight excluding hydrogens is 480 g/mol. The summed E-state index contributed by atoms with van der Waals surface area (Å²) in [5, 5.41) is 13.3. The summed E-state index contributed by atoms with van der Waals surface area (Å²) in [6, 6.07) is 19.5. The molecule has 184 valence electrons. The maximum Gasteiger partial charge on any atom is 0.316 e. The van der Waals surface area contributed by atoms with Gasteiger partial charge in [0, 0.05) is 35.2 Å². The minimum atomic E-state index is -0.908. The van der Waals surface area contributed by atoms with Gasteiger partial charge in [0.15, 0.2) is 0 Å². The van der Waals surface area contributed by atoms with Crippen molar-refractivity contribution >= 4 is 23.5 Å². The third kappa shape index (κ3) is 5.29. The highest BCUT2D eigenvalue weighted by Crippen LogP contribution is 2.43. The first-order valence-electron chi connectivity index (χ1n) is 11.4. The summed E-state index contributed by atoms with van der Waals surface area (Å²) in [6.07, 6.45) is 1.14. The van der Waals surface area contributed by atoms with Crippen LogP contribution >= 0.6 is 11.6 Å². The van der Waals surface area contributed by atoms with Crippen LogP contribution in [0.25, 0.3) is 0 Å². The molecule has 1 heterocycles. The van der Waals surface area contributed by atoms with Crippen molar-refractivity contribution in [3.8, 4) is 23.3 Å². The normalized spacial score (nSPS) is 16.2. The number of nitriles is 1. The highest BCUT2D eigenvalue weighted by molar-refractivity contribution is 6.30. The molecule has 1 N–H and O–H groups in total. The number of rotatable bonds is 7. The van der Waals surface area contributed by atoms with Crippen LogP contribution in [0.1, 0.15) is 40.4 Å². The van der Waals surface area contributed by atoms with Gasteiger partial charge >= 0.3 is 5.97 Å². The zero-order valence-corrected chi connectivity index (χ0v) is 20.7. The third-order valence-corrected chi connectivity index (χ3v) is 6.50. The van der Waals surface area contributed by atoms with Crippen LogP contribution in [-0.2, 0) is 21.4 Å². The fourth-order valence-corrected chi connectivity index (χ4v) is 4.22. The van der Waals surface area contributed by atoms with Crippen molar-refractivity contribution in [3.05, 3.63) is 87.9 Å². The lowest BCUT2D eigenvalue weighted by molar-refractivity contribution is -0.148. The maximum absolute atomic E-state index is 12.5. The predicted molar refractivity (Wildman–Crippen MR) is 135 cm³/mol. The van der Waals surface area contributed by atoms with E-state index < -0.39 is 5.41 Å². The van der Waals surface area contributed by atoms with Crippen LogP contribution in [0.15, 0.2) is 60.7 Å². The molecule has 7 nitrogen and oxygen atoms in total. The summed E-state index contributed by atoms with van der Waals surface area (Å²) in [5.41, 5.74) is 1.52. The first-order valence-corrected chi connectivity index (χ1v) is 11.8. The second-order valence-corrected chi connectivity index (χ2v) is 9.07. The van der Waals surface area contributed by atoms with Gasteiger partial charge in [0.2, 0.25) is 0 Å². The number of fused-ring (bicyclic) bond motifs is 1. The second-order valence-electron chi connectivity index (χ2n) is 8.64. The second kappa shape index (κ2) is 10.7. The molecule has 0 fully saturated rings. The lowest BCUT2D eigenvalue weighted by Gasteiger charge is -2.33. The number of nitrogens with one attached hydrogen (secondary N) is 1. The van der Waals surface area contributed by atoms with Crippen molar-refractivity contribution < 1.29 is 23.8 Å². The Morgan fingerprint density at radius 1 is 1.14 bits per heavy atom. The van der Waals surface area contributed by atoms with Gasteiger partial charge in [-0.3, -0.25) is 9.59 Å². The number of halogens is 1. The molecule has 0 bridgehead atoms. The minimum Gasteiger partial charge on any atom is -0.493 e. The Morgan fingerprint density at radius 3 is 2.53 bits per heavy atom. The first kappa shape index (κ1) is 25.1. The van der Waals surface area contributed by atoms with Gasteiger partial charge < -0.3 is 19.5 Å². The SMILES string of the molecule is COC(=O)C1(C)CCOc2cc(Oc3ccc(C(=O)NCCc4ccc(Cl)cc4)cc3)c(C#N)cc21. The summed E-state index contributed by atoms with van der Waals surface area (Å²) < 4.78 is 16.7. The number of esters is 1. The molecule has 1 aliphatic heterocycles. The monoisotopic (exact) mass is 504 g/mol. The molecule has 0 aliphatic carbocycles. The van der Waals surface area contributed by atoms with Crippen molar-refractivity contribution in [1.82, 2.24) is 5.32 Å². The Labute approximate surface area is 214 Å². The summed E-state index contributed by atoms with van der Waals surface area (Å²) in [7, 11) is 1.34. The van der Waals surface area contributed by atoms with Gasteiger partial charge in [-0.05, 0) is 61.4 Å². The van der Waals surface area contributed by atoms with Crippen LogP contribution < -0.4 is 14.8 Å². The molecule has 1 atom stereocenters. The van der Waals surface area contributed by atoms with Gasteiger partial charge in [-0.1, -0.05) is 23.7 Å². The van der Waals surface area contributed by atoms with E-state index in [1.165, 1.54) is 7.11 Å². The van der Waals surface area contributed by atoms with E-state index in [1.54, 1.807) is 43.3 Å². The zero-order chi connectivity index (χ0) is 25.7. The summed E-state index contributed by atoms with van der Waals surface area (Å²) in [4.78, 5) is 24.9. The molecule has 0 saturated carbocycles. The number of methoxy groups -OCH3 is 1. The molecule has 0 saturated heterocycles. The molecule has 1 aliphatic rings. The van der Waals surface area contributed by atoms with Crippen molar-refractivity contribution in [3.63, 3.8) is 0 Å². The highest BCUT2D eigenvalue weighted by atomic mass is 35.5. The third-order valence-electron chi connectivity index (χ3n) is 6.25. The molecule has 3 aromatic rings. The lowest BCUT2D eigenvalue weighted by atomic mass is 9.77. The van der Waals surface area contributed by atoms with E-state index >= 15 is 0 Å². The van der Waals surface area contributed by atoms with E-state index in [0.717, 1.165) is 5.56 Å². The van der Waals surface area contributed by atoms with E-state index in [2.05, 4.69) is 11.4 Å². The van der Waals surface area contributed by atoms with Crippen molar-refractivity contribution in [2.75, 3.05) is 20.3 Å². The highest BCUT2D eigenvalue weighted by Gasteiger charge is 2.42. The van der Waals surface area contributed by atoms with Crippen molar-refractivity contribution in [2.45, 2.75) is 25.2 Å². The summed E-state index contributed by atoms with van der Waals surface area (Å²) in [5.74, 6) is 0.644. The van der Waals surface area contributed by atoms with Crippen LogP contribution in [0.4, 0.5) is 0 Å². The quantitative estimate of drug-likeness (QED) is 0.445. The fourth-order valence-electron chi connectivity index (χ4n) is 4.10. The topological polar surface area (TPSA) is 97.7 Å². The van der Waals surface area contributed by atoms with Crippen LogP contribution in [0.3, 0.4) is 0 Å². The molecule has 3 aromatic carbocycles. The molecule has 36 heavy (non-hydrogen) atoms. The van der Waals surface area contributed by atoms with Crippen LogP contribution in [0.5, 0.6) is 17.2 Å². The smallest absolute Gasteiger partial charge is 0.316 e. The minimum absolute atomic E-state index is 0.197. The van der Waals surface area contributed by atoms with Gasteiger partial charge in [0.05, 0.1) is 24.7 Å². The standard InChI is InChI=1S/C28H25ClN2O5/c1-28(27(33)34-2)12-14-35-25-16-24(20(17-30)15-23(25)28)36-22-9-5-19(6-10-22)26(32)31-13-11-18-3-7-21(29)8-4-18/h3-10,15-16H,11-14H2,1-2H3,(H,31,32). The molecule has 0 radical (unpaired) electrons. The Kier molecular flexibility index (Phi) is 7.47. The average Bonchev–Trinajstić information content (AvgIpc) is 2.89. The van der Waals surface area contributed by atoms with E-state index in [9.17, 15) is 14.9 Å². The number of carbonyl (C=O) groups is 2. The van der Waals surface area contributed by atoms with E-state index in [0.29, 0.717) is 59.4 Å². The fraction of sp³-hybridized carbons (Fsp3) is 0.250. The number of benzene rings is 3. The first-order chi connectivity index (χ1) is 17.3. The van der Waals surface area contributed by atoms with Crippen LogP contribution in [0, 0.1) is 11.3 Å². The molecule has 1 unspecified atom stereocenters. The molecule has 1 amide bonds. The number of carbonyl (C=O) groups excluding carboxylic acids is 2. The van der Waals surface area contributed by atoms with Gasteiger partial charge in [0.1, 0.15) is 23.3 Å². The summed E-state index contributed by atoms with van der Waals surface area (Å²) >= 11 is 5.90. The van der Waals surface area contributed by atoms with Gasteiger partial charge in [0.25, 0.3) is 5.91 Å². The van der Waals surface area contributed by atoms with Crippen LogP contribution in [0.2, 0.25) is 5.02 Å². The largest absolute Gasteiger partial charge is 0.493 e.